The third-order valence-electron chi connectivity index (χ3n) is 3.42. The number of benzene rings is 1. The highest BCUT2D eigenvalue weighted by molar-refractivity contribution is 6.29. The number of nitrogens with zero attached hydrogens (tertiary/aromatic N) is 3. The Hall–Kier alpha value is -2.86. The minimum absolute atomic E-state index is 0.0620. The minimum atomic E-state index is -0.0646. The van der Waals surface area contributed by atoms with Crippen molar-refractivity contribution in [2.45, 2.75) is 6.92 Å². The van der Waals surface area contributed by atoms with E-state index in [1.165, 1.54) is 4.68 Å². The van der Waals surface area contributed by atoms with Gasteiger partial charge >= 0.3 is 0 Å². The molecule has 116 valence electrons. The van der Waals surface area contributed by atoms with Gasteiger partial charge in [-0.1, -0.05) is 41.9 Å². The number of nitrogen functional groups attached to an aromatic ring is 2. The van der Waals surface area contributed by atoms with Gasteiger partial charge < -0.3 is 11.6 Å². The third kappa shape index (κ3) is 2.76. The molecule has 0 saturated carbocycles. The number of anilines is 1. The van der Waals surface area contributed by atoms with Gasteiger partial charge in [-0.3, -0.25) is 5.41 Å². The lowest BCUT2D eigenvalue weighted by Crippen LogP contribution is -2.32. The van der Waals surface area contributed by atoms with Crippen LogP contribution in [-0.2, 0) is 0 Å². The molecule has 2 heterocycles. The lowest BCUT2D eigenvalue weighted by atomic mass is 10.0. The Morgan fingerprint density at radius 3 is 2.43 bits per heavy atom. The molecule has 0 radical (unpaired) electrons. The van der Waals surface area contributed by atoms with Crippen molar-refractivity contribution >= 4 is 17.4 Å². The Kier molecular flexibility index (Phi) is 3.75. The first-order valence-electron chi connectivity index (χ1n) is 6.89. The van der Waals surface area contributed by atoms with Crippen LogP contribution in [0.3, 0.4) is 0 Å². The van der Waals surface area contributed by atoms with Crippen LogP contribution in [0.5, 0.6) is 0 Å². The Morgan fingerprint density at radius 2 is 1.78 bits per heavy atom. The van der Waals surface area contributed by atoms with Crippen molar-refractivity contribution < 1.29 is 0 Å². The SMILES string of the molecule is Cc1cc(-c2c(-c3ccccc3)nc(N)c(=N)n2N)cc(Cl)n1. The molecule has 3 aromatic rings. The van der Waals surface area contributed by atoms with Gasteiger partial charge in [-0.15, -0.1) is 0 Å². The molecule has 0 unspecified atom stereocenters. The van der Waals surface area contributed by atoms with E-state index in [-0.39, 0.29) is 11.3 Å². The van der Waals surface area contributed by atoms with Crippen LogP contribution < -0.4 is 17.1 Å². The van der Waals surface area contributed by atoms with E-state index in [9.17, 15) is 0 Å². The molecule has 0 fully saturated rings. The summed E-state index contributed by atoms with van der Waals surface area (Å²) in [4.78, 5) is 8.52. The molecule has 0 amide bonds. The van der Waals surface area contributed by atoms with E-state index >= 15 is 0 Å². The van der Waals surface area contributed by atoms with E-state index in [0.29, 0.717) is 16.5 Å². The Morgan fingerprint density at radius 1 is 1.09 bits per heavy atom. The molecule has 0 aliphatic carbocycles. The van der Waals surface area contributed by atoms with Gasteiger partial charge in [0.1, 0.15) is 5.15 Å². The van der Waals surface area contributed by atoms with E-state index in [1.807, 2.05) is 43.3 Å². The molecule has 6 nitrogen and oxygen atoms in total. The smallest absolute Gasteiger partial charge is 0.187 e. The second-order valence-electron chi connectivity index (χ2n) is 5.10. The quantitative estimate of drug-likeness (QED) is 0.496. The summed E-state index contributed by atoms with van der Waals surface area (Å²) in [6.45, 7) is 1.84. The second kappa shape index (κ2) is 5.73. The third-order valence-corrected chi connectivity index (χ3v) is 3.62. The van der Waals surface area contributed by atoms with E-state index in [4.69, 9.17) is 28.6 Å². The van der Waals surface area contributed by atoms with Crippen LogP contribution in [0.15, 0.2) is 42.5 Å². The number of rotatable bonds is 2. The predicted molar refractivity (Wildman–Crippen MR) is 91.1 cm³/mol. The maximum Gasteiger partial charge on any atom is 0.187 e. The molecule has 0 saturated heterocycles. The lowest BCUT2D eigenvalue weighted by molar-refractivity contribution is 0.876. The number of pyridine rings is 1. The van der Waals surface area contributed by atoms with Gasteiger partial charge in [0, 0.05) is 16.8 Å². The summed E-state index contributed by atoms with van der Waals surface area (Å²) in [5, 5.41) is 8.35. The fourth-order valence-corrected chi connectivity index (χ4v) is 2.66. The van der Waals surface area contributed by atoms with Crippen molar-refractivity contribution in [3.8, 4) is 22.5 Å². The zero-order valence-electron chi connectivity index (χ0n) is 12.4. The van der Waals surface area contributed by atoms with Crippen LogP contribution in [0, 0.1) is 12.3 Å². The largest absolute Gasteiger partial charge is 0.381 e. The maximum absolute atomic E-state index is 8.00. The van der Waals surface area contributed by atoms with Gasteiger partial charge in [-0.2, -0.15) is 0 Å². The van der Waals surface area contributed by atoms with Crippen molar-refractivity contribution in [3.63, 3.8) is 0 Å². The zero-order chi connectivity index (χ0) is 16.6. The highest BCUT2D eigenvalue weighted by Crippen LogP contribution is 2.30. The van der Waals surface area contributed by atoms with Crippen molar-refractivity contribution in [3.05, 3.63) is 58.8 Å². The number of nitrogens with two attached hydrogens (primary N) is 2. The molecule has 23 heavy (non-hydrogen) atoms. The van der Waals surface area contributed by atoms with Crippen molar-refractivity contribution in [1.29, 1.82) is 5.41 Å². The highest BCUT2D eigenvalue weighted by Gasteiger charge is 2.16. The van der Waals surface area contributed by atoms with Crippen LogP contribution in [0.2, 0.25) is 5.15 Å². The number of nitrogens with one attached hydrogen (secondary N) is 1. The predicted octanol–water partition coefficient (Wildman–Crippen LogP) is 2.35. The van der Waals surface area contributed by atoms with Crippen LogP contribution in [0.1, 0.15) is 5.69 Å². The average molecular weight is 327 g/mol. The molecule has 3 rings (SSSR count). The van der Waals surface area contributed by atoms with Gasteiger partial charge in [0.15, 0.2) is 11.3 Å². The number of hydrogen-bond donors (Lipinski definition) is 3. The fraction of sp³-hybridized carbons (Fsp3) is 0.0625. The average Bonchev–Trinajstić information content (AvgIpc) is 2.52. The van der Waals surface area contributed by atoms with Crippen LogP contribution in [0.25, 0.3) is 22.5 Å². The first-order valence-corrected chi connectivity index (χ1v) is 7.27. The van der Waals surface area contributed by atoms with Gasteiger partial charge in [0.05, 0.1) is 11.4 Å². The van der Waals surface area contributed by atoms with Crippen molar-refractivity contribution in [2.75, 3.05) is 11.6 Å². The molecule has 0 aliphatic rings. The van der Waals surface area contributed by atoms with Crippen molar-refractivity contribution in [1.82, 2.24) is 14.6 Å². The topological polar surface area (TPSA) is 107 Å². The van der Waals surface area contributed by atoms with E-state index in [1.54, 1.807) is 6.07 Å². The van der Waals surface area contributed by atoms with Gasteiger partial charge in [0.2, 0.25) is 0 Å². The van der Waals surface area contributed by atoms with E-state index in [0.717, 1.165) is 16.8 Å². The number of aryl methyl sites for hydroxylation is 1. The number of halogens is 1. The minimum Gasteiger partial charge on any atom is -0.381 e. The molecular weight excluding hydrogens is 312 g/mol. The molecule has 0 spiro atoms. The van der Waals surface area contributed by atoms with Crippen molar-refractivity contribution in [2.24, 2.45) is 0 Å². The van der Waals surface area contributed by atoms with Crippen LogP contribution >= 0.6 is 11.6 Å². The van der Waals surface area contributed by atoms with Gasteiger partial charge in [-0.05, 0) is 19.1 Å². The molecule has 1 aromatic carbocycles. The molecule has 2 aromatic heterocycles. The molecule has 7 heteroatoms. The molecule has 0 aliphatic heterocycles. The van der Waals surface area contributed by atoms with E-state index < -0.39 is 0 Å². The molecule has 0 bridgehead atoms. The van der Waals surface area contributed by atoms with Crippen LogP contribution in [-0.4, -0.2) is 14.6 Å². The summed E-state index contributed by atoms with van der Waals surface area (Å²) in [6, 6.07) is 13.1. The summed E-state index contributed by atoms with van der Waals surface area (Å²) in [5.41, 5.74) is 9.23. The Labute approximate surface area is 137 Å². The second-order valence-corrected chi connectivity index (χ2v) is 5.49. The van der Waals surface area contributed by atoms with Gasteiger partial charge in [-0.25, -0.2) is 14.6 Å². The van der Waals surface area contributed by atoms with Gasteiger partial charge in [0.25, 0.3) is 0 Å². The lowest BCUT2D eigenvalue weighted by Gasteiger charge is -2.16. The first-order chi connectivity index (χ1) is 11.0. The standard InChI is InChI=1S/C16H15ClN6/c1-9-7-11(8-12(17)21-9)14-13(10-5-3-2-4-6-10)22-15(18)16(19)23(14)20/h2-8,19H,20H2,1H3,(H2,18,22). The highest BCUT2D eigenvalue weighted by atomic mass is 35.5. The number of aromatic nitrogens is 3. The fourth-order valence-electron chi connectivity index (χ4n) is 2.41. The van der Waals surface area contributed by atoms with Crippen LogP contribution in [0.4, 0.5) is 5.82 Å². The monoisotopic (exact) mass is 326 g/mol. The summed E-state index contributed by atoms with van der Waals surface area (Å²) >= 11 is 6.07. The first kappa shape index (κ1) is 15.1. The summed E-state index contributed by atoms with van der Waals surface area (Å²) < 4.78 is 1.22. The van der Waals surface area contributed by atoms with E-state index in [2.05, 4.69) is 9.97 Å². The molecular formula is C16H15ClN6. The Bertz CT molecular complexity index is 913. The molecule has 0 atom stereocenters. The maximum atomic E-state index is 8.00. The normalized spacial score (nSPS) is 10.7. The number of hydrogen-bond acceptors (Lipinski definition) is 5. The summed E-state index contributed by atoms with van der Waals surface area (Å²) in [7, 11) is 0. The molecule has 5 N–H and O–H groups in total. The zero-order valence-corrected chi connectivity index (χ0v) is 13.2. The summed E-state index contributed by atoms with van der Waals surface area (Å²) in [6.07, 6.45) is 0. The Balaban J connectivity index is 2.39. The summed E-state index contributed by atoms with van der Waals surface area (Å²) in [5.74, 6) is 6.16.